The summed E-state index contributed by atoms with van der Waals surface area (Å²) in [6.45, 7) is 0.426. The van der Waals surface area contributed by atoms with Crippen LogP contribution in [-0.2, 0) is 0 Å². The Balaban J connectivity index is 2.86. The van der Waals surface area contributed by atoms with Crippen LogP contribution in [0.3, 0.4) is 0 Å². The lowest BCUT2D eigenvalue weighted by Gasteiger charge is -2.14. The highest BCUT2D eigenvalue weighted by Crippen LogP contribution is 2.15. The summed E-state index contributed by atoms with van der Waals surface area (Å²) in [5, 5.41) is 9.09. The van der Waals surface area contributed by atoms with Crippen molar-refractivity contribution in [3.8, 4) is 0 Å². The van der Waals surface area contributed by atoms with Gasteiger partial charge in [0.1, 0.15) is 0 Å². The third kappa shape index (κ3) is 2.81. The molecule has 1 amide bonds. The first kappa shape index (κ1) is 12.7. The van der Waals surface area contributed by atoms with Gasteiger partial charge in [-0.05, 0) is 17.7 Å². The average molecular weight is 222 g/mol. The van der Waals surface area contributed by atoms with Crippen molar-refractivity contribution in [2.24, 2.45) is 5.73 Å². The molecule has 3 N–H and O–H groups in total. The number of hydrogen-bond donors (Lipinski definition) is 2. The maximum absolute atomic E-state index is 11.6. The van der Waals surface area contributed by atoms with E-state index in [1.807, 2.05) is 12.1 Å². The molecule has 0 saturated heterocycles. The topological polar surface area (TPSA) is 66.6 Å². The van der Waals surface area contributed by atoms with E-state index in [1.54, 1.807) is 26.2 Å². The van der Waals surface area contributed by atoms with Gasteiger partial charge < -0.3 is 15.7 Å². The van der Waals surface area contributed by atoms with Crippen LogP contribution in [0.15, 0.2) is 24.3 Å². The van der Waals surface area contributed by atoms with E-state index in [9.17, 15) is 4.79 Å². The maximum atomic E-state index is 11.6. The van der Waals surface area contributed by atoms with Crippen molar-refractivity contribution >= 4 is 5.91 Å². The predicted octanol–water partition coefficient (Wildman–Crippen LogP) is 0.423. The van der Waals surface area contributed by atoms with E-state index in [4.69, 9.17) is 10.8 Å². The van der Waals surface area contributed by atoms with Crippen molar-refractivity contribution in [1.29, 1.82) is 0 Å². The smallest absolute Gasteiger partial charge is 0.253 e. The van der Waals surface area contributed by atoms with E-state index in [0.29, 0.717) is 12.1 Å². The number of carbonyl (C=O) groups excluding carboxylic acids is 1. The van der Waals surface area contributed by atoms with Gasteiger partial charge in [0.2, 0.25) is 0 Å². The van der Waals surface area contributed by atoms with Crippen molar-refractivity contribution in [3.05, 3.63) is 35.4 Å². The lowest BCUT2D eigenvalue weighted by molar-refractivity contribution is 0.0827. The Morgan fingerprint density at radius 2 is 1.94 bits per heavy atom. The first-order valence-corrected chi connectivity index (χ1v) is 5.22. The van der Waals surface area contributed by atoms with Crippen molar-refractivity contribution in [3.63, 3.8) is 0 Å². The molecule has 1 aromatic carbocycles. The van der Waals surface area contributed by atoms with Gasteiger partial charge in [0.05, 0.1) is 6.61 Å². The number of nitrogens with zero attached hydrogens (tertiary/aromatic N) is 1. The Hall–Kier alpha value is -1.39. The summed E-state index contributed by atoms with van der Waals surface area (Å²) in [6, 6.07) is 7.20. The van der Waals surface area contributed by atoms with E-state index < -0.39 is 0 Å². The highest BCUT2D eigenvalue weighted by molar-refractivity contribution is 5.93. The summed E-state index contributed by atoms with van der Waals surface area (Å²) in [4.78, 5) is 13.1. The van der Waals surface area contributed by atoms with Gasteiger partial charge in [-0.1, -0.05) is 12.1 Å². The van der Waals surface area contributed by atoms with Crippen LogP contribution in [0.5, 0.6) is 0 Å². The van der Waals surface area contributed by atoms with Gasteiger partial charge in [-0.3, -0.25) is 4.79 Å². The molecule has 16 heavy (non-hydrogen) atoms. The van der Waals surface area contributed by atoms with Crippen molar-refractivity contribution in [2.45, 2.75) is 5.92 Å². The molecule has 0 fully saturated rings. The van der Waals surface area contributed by atoms with Gasteiger partial charge >= 0.3 is 0 Å². The molecule has 4 heteroatoms. The van der Waals surface area contributed by atoms with Gasteiger partial charge in [0.25, 0.3) is 5.91 Å². The number of hydrogen-bond acceptors (Lipinski definition) is 3. The Bertz CT molecular complexity index is 343. The second-order valence-corrected chi connectivity index (χ2v) is 3.94. The molecule has 1 atom stereocenters. The molecule has 1 rings (SSSR count). The molecule has 1 aromatic rings. The highest BCUT2D eigenvalue weighted by atomic mass is 16.3. The molecule has 0 aliphatic rings. The van der Waals surface area contributed by atoms with Crippen LogP contribution in [0.1, 0.15) is 21.8 Å². The molecule has 0 saturated carbocycles. The molecular formula is C12H18N2O2. The number of amides is 1. The van der Waals surface area contributed by atoms with Crippen LogP contribution in [0.25, 0.3) is 0 Å². The Labute approximate surface area is 95.7 Å². The minimum absolute atomic E-state index is 0.0253. The van der Waals surface area contributed by atoms with E-state index in [-0.39, 0.29) is 18.4 Å². The normalized spacial score (nSPS) is 12.2. The molecule has 4 nitrogen and oxygen atoms in total. The summed E-state index contributed by atoms with van der Waals surface area (Å²) in [7, 11) is 3.43. The largest absolute Gasteiger partial charge is 0.396 e. The van der Waals surface area contributed by atoms with Crippen molar-refractivity contribution < 1.29 is 9.90 Å². The number of aliphatic hydroxyl groups is 1. The zero-order valence-electron chi connectivity index (χ0n) is 9.68. The zero-order chi connectivity index (χ0) is 12.1. The van der Waals surface area contributed by atoms with Crippen molar-refractivity contribution in [1.82, 2.24) is 4.90 Å². The second-order valence-electron chi connectivity index (χ2n) is 3.94. The molecule has 0 spiro atoms. The zero-order valence-corrected chi connectivity index (χ0v) is 9.68. The SMILES string of the molecule is CN(C)C(=O)c1ccc(C(CN)CO)cc1. The number of rotatable bonds is 4. The summed E-state index contributed by atoms with van der Waals surface area (Å²) in [6.07, 6.45) is 0. The number of nitrogens with two attached hydrogens (primary N) is 1. The Kier molecular flexibility index (Phi) is 4.46. The van der Waals surface area contributed by atoms with Crippen LogP contribution >= 0.6 is 0 Å². The molecular weight excluding hydrogens is 204 g/mol. The molecule has 0 radical (unpaired) electrons. The lowest BCUT2D eigenvalue weighted by atomic mass is 9.99. The molecule has 0 aliphatic carbocycles. The van der Waals surface area contributed by atoms with E-state index in [1.165, 1.54) is 4.90 Å². The standard InChI is InChI=1S/C12H18N2O2/c1-14(2)12(16)10-5-3-9(4-6-10)11(7-13)8-15/h3-6,11,15H,7-8,13H2,1-2H3. The van der Waals surface area contributed by atoms with Gasteiger partial charge in [-0.2, -0.15) is 0 Å². The minimum atomic E-state index is -0.0523. The molecule has 88 valence electrons. The minimum Gasteiger partial charge on any atom is -0.396 e. The molecule has 0 aliphatic heterocycles. The first-order chi connectivity index (χ1) is 7.60. The van der Waals surface area contributed by atoms with E-state index in [2.05, 4.69) is 0 Å². The maximum Gasteiger partial charge on any atom is 0.253 e. The van der Waals surface area contributed by atoms with Gasteiger partial charge in [0.15, 0.2) is 0 Å². The molecule has 0 aromatic heterocycles. The van der Waals surface area contributed by atoms with Crippen LogP contribution in [0, 0.1) is 0 Å². The second kappa shape index (κ2) is 5.63. The van der Waals surface area contributed by atoms with Crippen LogP contribution < -0.4 is 5.73 Å². The summed E-state index contributed by atoms with van der Waals surface area (Å²) in [5.41, 5.74) is 7.13. The Morgan fingerprint density at radius 1 is 1.38 bits per heavy atom. The van der Waals surface area contributed by atoms with Gasteiger partial charge in [-0.15, -0.1) is 0 Å². The first-order valence-electron chi connectivity index (χ1n) is 5.22. The summed E-state index contributed by atoms with van der Waals surface area (Å²) in [5.74, 6) is -0.0802. The average Bonchev–Trinajstić information content (AvgIpc) is 2.30. The number of carbonyl (C=O) groups is 1. The fourth-order valence-corrected chi connectivity index (χ4v) is 1.47. The number of benzene rings is 1. The fourth-order valence-electron chi connectivity index (χ4n) is 1.47. The predicted molar refractivity (Wildman–Crippen MR) is 63.3 cm³/mol. The van der Waals surface area contributed by atoms with Gasteiger partial charge in [0, 0.05) is 32.1 Å². The number of aliphatic hydroxyl groups excluding tert-OH is 1. The van der Waals surface area contributed by atoms with Gasteiger partial charge in [-0.25, -0.2) is 0 Å². The molecule has 0 bridgehead atoms. The van der Waals surface area contributed by atoms with E-state index in [0.717, 1.165) is 5.56 Å². The molecule has 1 unspecified atom stereocenters. The Morgan fingerprint density at radius 3 is 2.31 bits per heavy atom. The fraction of sp³-hybridized carbons (Fsp3) is 0.417. The van der Waals surface area contributed by atoms with Crippen LogP contribution in [-0.4, -0.2) is 43.2 Å². The summed E-state index contributed by atoms with van der Waals surface area (Å²) < 4.78 is 0. The third-order valence-corrected chi connectivity index (χ3v) is 2.54. The highest BCUT2D eigenvalue weighted by Gasteiger charge is 2.11. The summed E-state index contributed by atoms with van der Waals surface area (Å²) >= 11 is 0. The monoisotopic (exact) mass is 222 g/mol. The molecule has 0 heterocycles. The van der Waals surface area contributed by atoms with Crippen molar-refractivity contribution in [2.75, 3.05) is 27.2 Å². The van der Waals surface area contributed by atoms with Crippen LogP contribution in [0.2, 0.25) is 0 Å². The van der Waals surface area contributed by atoms with E-state index >= 15 is 0 Å². The van der Waals surface area contributed by atoms with Crippen LogP contribution in [0.4, 0.5) is 0 Å². The quantitative estimate of drug-likeness (QED) is 0.776. The lowest BCUT2D eigenvalue weighted by Crippen LogP contribution is -2.22. The third-order valence-electron chi connectivity index (χ3n) is 2.54.